The van der Waals surface area contributed by atoms with E-state index in [2.05, 4.69) is 182 Å². The van der Waals surface area contributed by atoms with Gasteiger partial charge in [0.25, 0.3) is 0 Å². The molecule has 0 nitrogen and oxygen atoms in total. The van der Waals surface area contributed by atoms with Gasteiger partial charge in [-0.05, 0) is 107 Å². The van der Waals surface area contributed by atoms with Crippen LogP contribution in [-0.4, -0.2) is 5.25 Å². The lowest BCUT2D eigenvalue weighted by Crippen LogP contribution is -2.13. The van der Waals surface area contributed by atoms with Crippen LogP contribution in [0.2, 0.25) is 0 Å². The van der Waals surface area contributed by atoms with Crippen molar-refractivity contribution in [1.82, 2.24) is 0 Å². The monoisotopic (exact) mass is 720 g/mol. The van der Waals surface area contributed by atoms with Crippen LogP contribution in [0.25, 0.3) is 91.9 Å². The van der Waals surface area contributed by atoms with Crippen molar-refractivity contribution < 1.29 is 0 Å². The lowest BCUT2D eigenvalue weighted by Gasteiger charge is -2.23. The van der Waals surface area contributed by atoms with Crippen LogP contribution in [0.15, 0.2) is 181 Å². The quantitative estimate of drug-likeness (QED) is 0.164. The molecule has 0 N–H and O–H groups in total. The molecule has 1 aromatic heterocycles. The molecular weight excluding hydrogens is 689 g/mol. The highest BCUT2D eigenvalue weighted by atomic mass is 32.2. The number of hydrogen-bond donors (Lipinski definition) is 0. The van der Waals surface area contributed by atoms with Crippen LogP contribution >= 0.6 is 23.1 Å². The average Bonchev–Trinajstić information content (AvgIpc) is 3.81. The van der Waals surface area contributed by atoms with E-state index >= 15 is 0 Å². The van der Waals surface area contributed by atoms with E-state index in [0.29, 0.717) is 11.2 Å². The number of hydrogen-bond acceptors (Lipinski definition) is 2. The van der Waals surface area contributed by atoms with Crippen LogP contribution in [0.3, 0.4) is 0 Å². The molecule has 2 heteroatoms. The Morgan fingerprint density at radius 1 is 0.407 bits per heavy atom. The molecule has 12 rings (SSSR count). The lowest BCUT2D eigenvalue weighted by atomic mass is 9.81. The van der Waals surface area contributed by atoms with E-state index in [0.717, 1.165) is 0 Å². The van der Waals surface area contributed by atoms with Crippen molar-refractivity contribution in [3.63, 3.8) is 0 Å². The van der Waals surface area contributed by atoms with Crippen molar-refractivity contribution in [2.75, 3.05) is 0 Å². The third-order valence-corrected chi connectivity index (χ3v) is 14.2. The van der Waals surface area contributed by atoms with E-state index in [1.807, 2.05) is 23.1 Å². The fourth-order valence-corrected chi connectivity index (χ4v) is 12.0. The van der Waals surface area contributed by atoms with Crippen molar-refractivity contribution in [1.29, 1.82) is 0 Å². The third kappa shape index (κ3) is 4.51. The summed E-state index contributed by atoms with van der Waals surface area (Å²) in [4.78, 5) is 1.40. The molecule has 1 aliphatic carbocycles. The zero-order valence-electron chi connectivity index (χ0n) is 29.3. The number of thiophene rings is 1. The predicted molar refractivity (Wildman–Crippen MR) is 235 cm³/mol. The summed E-state index contributed by atoms with van der Waals surface area (Å²) in [6.07, 6.45) is 4.73. The largest absolute Gasteiger partial charge is 0.135 e. The molecular formula is C52H32S2. The van der Waals surface area contributed by atoms with Crippen molar-refractivity contribution in [3.05, 3.63) is 193 Å². The standard InChI is InChI=1S/C52H32S2/c1-2-10-31(11-3-1)34-18-23-41-44(28-34)50(36-20-25-43-48(30-36)54-46-27-22-33-13-5-7-15-38(33)52(43)46)40-17-9-8-16-39(40)49(41)35-19-24-42-47(29-35)53-45-26-21-32-12-4-6-14-37(32)51(42)45/h1-30,46,52H. The second-order valence-corrected chi connectivity index (χ2v) is 17.0. The van der Waals surface area contributed by atoms with Gasteiger partial charge in [0.2, 0.25) is 0 Å². The molecule has 9 aromatic carbocycles. The predicted octanol–water partition coefficient (Wildman–Crippen LogP) is 15.1. The molecule has 0 amide bonds. The molecule has 0 bridgehead atoms. The molecule has 0 saturated heterocycles. The van der Waals surface area contributed by atoms with Gasteiger partial charge in [0.15, 0.2) is 0 Å². The Bertz CT molecular complexity index is 3200. The van der Waals surface area contributed by atoms with Gasteiger partial charge in [-0.1, -0.05) is 158 Å². The van der Waals surface area contributed by atoms with Crippen LogP contribution in [0.4, 0.5) is 0 Å². The molecule has 2 unspecified atom stereocenters. The summed E-state index contributed by atoms with van der Waals surface area (Å²) in [5, 5.41) is 10.9. The van der Waals surface area contributed by atoms with Crippen molar-refractivity contribution >= 4 is 81.7 Å². The van der Waals surface area contributed by atoms with E-state index in [-0.39, 0.29) is 0 Å². The first-order chi connectivity index (χ1) is 26.8. The van der Waals surface area contributed by atoms with Crippen LogP contribution in [0, 0.1) is 0 Å². The van der Waals surface area contributed by atoms with Crippen molar-refractivity contribution in [3.8, 4) is 33.4 Å². The Kier molecular flexibility index (Phi) is 6.66. The summed E-state index contributed by atoms with van der Waals surface area (Å²) >= 11 is 3.93. The minimum Gasteiger partial charge on any atom is -0.135 e. The summed E-state index contributed by atoms with van der Waals surface area (Å²) in [5.74, 6) is 0.391. The Morgan fingerprint density at radius 3 is 1.98 bits per heavy atom. The minimum atomic E-state index is 0.391. The zero-order valence-corrected chi connectivity index (χ0v) is 30.9. The van der Waals surface area contributed by atoms with E-state index in [1.54, 1.807) is 0 Å². The summed E-state index contributed by atoms with van der Waals surface area (Å²) < 4.78 is 2.67. The van der Waals surface area contributed by atoms with E-state index in [4.69, 9.17) is 0 Å². The second kappa shape index (κ2) is 11.8. The van der Waals surface area contributed by atoms with Gasteiger partial charge in [0, 0.05) is 36.2 Å². The number of benzene rings is 9. The smallest absolute Gasteiger partial charge is 0.0387 e. The molecule has 0 radical (unpaired) electrons. The highest BCUT2D eigenvalue weighted by Crippen LogP contribution is 2.54. The van der Waals surface area contributed by atoms with Crippen molar-refractivity contribution in [2.45, 2.75) is 16.1 Å². The van der Waals surface area contributed by atoms with Gasteiger partial charge < -0.3 is 0 Å². The van der Waals surface area contributed by atoms with Gasteiger partial charge in [0.05, 0.1) is 0 Å². The molecule has 0 fully saturated rings. The number of rotatable bonds is 3. The third-order valence-electron chi connectivity index (χ3n) is 11.8. The Hall–Kier alpha value is -5.93. The van der Waals surface area contributed by atoms with Crippen LogP contribution < -0.4 is 0 Å². The van der Waals surface area contributed by atoms with Gasteiger partial charge in [0.1, 0.15) is 0 Å². The summed E-state index contributed by atoms with van der Waals surface area (Å²) in [6, 6.07) is 63.8. The molecule has 0 spiro atoms. The van der Waals surface area contributed by atoms with Crippen molar-refractivity contribution in [2.24, 2.45) is 0 Å². The van der Waals surface area contributed by atoms with Gasteiger partial charge in [-0.15, -0.1) is 23.1 Å². The molecule has 54 heavy (non-hydrogen) atoms. The molecule has 0 saturated carbocycles. The zero-order chi connectivity index (χ0) is 35.3. The SMILES string of the molecule is C1=CC2Sc3cc(-c4c5ccccc5c(-c5ccc6c(c5)sc5ccc7ccccc7c56)c5ccc(-c6ccccc6)cc45)ccc3C2c2ccccc21. The molecule has 252 valence electrons. The maximum absolute atomic E-state index is 2.48. The highest BCUT2D eigenvalue weighted by molar-refractivity contribution is 8.00. The molecule has 1 aliphatic heterocycles. The van der Waals surface area contributed by atoms with Crippen LogP contribution in [0.1, 0.15) is 22.6 Å². The number of thioether (sulfide) groups is 1. The summed E-state index contributed by atoms with van der Waals surface area (Å²) in [6.45, 7) is 0. The van der Waals surface area contributed by atoms with Gasteiger partial charge in [-0.2, -0.15) is 0 Å². The summed E-state index contributed by atoms with van der Waals surface area (Å²) in [7, 11) is 0. The van der Waals surface area contributed by atoms with E-state index in [9.17, 15) is 0 Å². The average molecular weight is 721 g/mol. The van der Waals surface area contributed by atoms with Gasteiger partial charge in [-0.25, -0.2) is 0 Å². The first-order valence-electron chi connectivity index (χ1n) is 18.7. The van der Waals surface area contributed by atoms with Crippen LogP contribution in [-0.2, 0) is 0 Å². The fourth-order valence-electron chi connectivity index (χ4n) is 9.39. The molecule has 10 aromatic rings. The maximum atomic E-state index is 2.48. The minimum absolute atomic E-state index is 0.391. The first-order valence-corrected chi connectivity index (χ1v) is 20.4. The van der Waals surface area contributed by atoms with E-state index in [1.165, 1.54) is 107 Å². The fraction of sp³-hybridized carbons (Fsp3) is 0.0385. The van der Waals surface area contributed by atoms with E-state index < -0.39 is 0 Å². The normalized spacial score (nSPS) is 16.0. The Labute approximate surface area is 322 Å². The maximum Gasteiger partial charge on any atom is 0.0387 e. The molecule has 2 atom stereocenters. The van der Waals surface area contributed by atoms with Gasteiger partial charge in [-0.3, -0.25) is 0 Å². The molecule has 2 aliphatic rings. The second-order valence-electron chi connectivity index (χ2n) is 14.7. The number of fused-ring (bicyclic) bond motifs is 12. The van der Waals surface area contributed by atoms with Crippen LogP contribution in [0.5, 0.6) is 0 Å². The van der Waals surface area contributed by atoms with Gasteiger partial charge >= 0.3 is 0 Å². The lowest BCUT2D eigenvalue weighted by molar-refractivity contribution is 0.844. The summed E-state index contributed by atoms with van der Waals surface area (Å²) in [5.41, 5.74) is 11.9. The highest BCUT2D eigenvalue weighted by Gasteiger charge is 2.36. The Balaban J connectivity index is 1.11. The molecule has 2 heterocycles. The topological polar surface area (TPSA) is 0 Å². The Morgan fingerprint density at radius 2 is 1.09 bits per heavy atom. The first kappa shape index (κ1) is 30.5.